The molecule has 6 heteroatoms. The zero-order valence-corrected chi connectivity index (χ0v) is 11.3. The molecule has 1 aromatic carbocycles. The van der Waals surface area contributed by atoms with Gasteiger partial charge in [-0.15, -0.1) is 0 Å². The smallest absolute Gasteiger partial charge is 0.290 e. The lowest BCUT2D eigenvalue weighted by molar-refractivity contribution is 0.0608. The molecule has 1 aromatic heterocycles. The van der Waals surface area contributed by atoms with E-state index in [1.807, 2.05) is 0 Å². The van der Waals surface area contributed by atoms with Gasteiger partial charge in [0.1, 0.15) is 11.5 Å². The molecule has 1 saturated heterocycles. The largest absolute Gasteiger partial charge is 0.379 e. The minimum atomic E-state index is -0.322. The van der Waals surface area contributed by atoms with Crippen molar-refractivity contribution in [2.75, 3.05) is 13.2 Å². The summed E-state index contributed by atoms with van der Waals surface area (Å²) in [7, 11) is 0. The molecule has 21 heavy (non-hydrogen) atoms. The highest BCUT2D eigenvalue weighted by molar-refractivity contribution is 5.92. The Morgan fingerprint density at radius 3 is 2.86 bits per heavy atom. The van der Waals surface area contributed by atoms with Crippen LogP contribution in [0.25, 0.3) is 11.3 Å². The molecule has 5 nitrogen and oxygen atoms in total. The summed E-state index contributed by atoms with van der Waals surface area (Å²) in [4.78, 5) is 12.1. The Hall–Kier alpha value is -2.21. The highest BCUT2D eigenvalue weighted by Gasteiger charge is 2.20. The monoisotopic (exact) mass is 290 g/mol. The maximum Gasteiger partial charge on any atom is 0.290 e. The second kappa shape index (κ2) is 6.05. The number of carbonyl (C=O) groups is 1. The van der Waals surface area contributed by atoms with E-state index >= 15 is 0 Å². The molecule has 2 heterocycles. The summed E-state index contributed by atoms with van der Waals surface area (Å²) in [6.07, 6.45) is 1.83. The van der Waals surface area contributed by atoms with Gasteiger partial charge in [-0.1, -0.05) is 5.16 Å². The molecule has 0 bridgehead atoms. The third-order valence-corrected chi connectivity index (χ3v) is 3.37. The van der Waals surface area contributed by atoms with Gasteiger partial charge in [0.15, 0.2) is 0 Å². The fourth-order valence-electron chi connectivity index (χ4n) is 2.25. The quantitative estimate of drug-likeness (QED) is 0.942. The van der Waals surface area contributed by atoms with E-state index in [-0.39, 0.29) is 23.5 Å². The second-order valence-electron chi connectivity index (χ2n) is 4.97. The van der Waals surface area contributed by atoms with E-state index in [4.69, 9.17) is 9.26 Å². The van der Waals surface area contributed by atoms with Crippen LogP contribution >= 0.6 is 0 Å². The third-order valence-electron chi connectivity index (χ3n) is 3.37. The lowest BCUT2D eigenvalue weighted by atomic mass is 10.1. The van der Waals surface area contributed by atoms with Gasteiger partial charge in [-0.2, -0.15) is 0 Å². The number of ether oxygens (including phenoxy) is 1. The predicted molar refractivity (Wildman–Crippen MR) is 73.2 cm³/mol. The Kier molecular flexibility index (Phi) is 3.96. The van der Waals surface area contributed by atoms with Crippen LogP contribution in [0, 0.1) is 5.82 Å². The number of aromatic nitrogens is 1. The number of amides is 1. The van der Waals surface area contributed by atoms with E-state index in [9.17, 15) is 9.18 Å². The van der Waals surface area contributed by atoms with Gasteiger partial charge >= 0.3 is 0 Å². The lowest BCUT2D eigenvalue weighted by Gasteiger charge is -2.22. The zero-order chi connectivity index (χ0) is 14.7. The zero-order valence-electron chi connectivity index (χ0n) is 11.3. The lowest BCUT2D eigenvalue weighted by Crippen LogP contribution is -2.40. The Labute approximate surface area is 121 Å². The van der Waals surface area contributed by atoms with Gasteiger partial charge in [0.2, 0.25) is 5.76 Å². The van der Waals surface area contributed by atoms with Crippen LogP contribution < -0.4 is 5.32 Å². The number of nitrogens with zero attached hydrogens (tertiary/aromatic N) is 1. The molecule has 1 amide bonds. The van der Waals surface area contributed by atoms with E-state index in [0.717, 1.165) is 19.4 Å². The van der Waals surface area contributed by atoms with Crippen LogP contribution in [0.2, 0.25) is 0 Å². The van der Waals surface area contributed by atoms with Crippen molar-refractivity contribution in [3.05, 3.63) is 41.9 Å². The Balaban J connectivity index is 1.69. The van der Waals surface area contributed by atoms with Gasteiger partial charge < -0.3 is 14.6 Å². The maximum absolute atomic E-state index is 12.9. The fourth-order valence-corrected chi connectivity index (χ4v) is 2.25. The fraction of sp³-hybridized carbons (Fsp3) is 0.333. The Morgan fingerprint density at radius 1 is 1.33 bits per heavy atom. The summed E-state index contributed by atoms with van der Waals surface area (Å²) in [5.74, 6) is -0.497. The van der Waals surface area contributed by atoms with Gasteiger partial charge in [-0.3, -0.25) is 4.79 Å². The minimum Gasteiger partial charge on any atom is -0.379 e. The van der Waals surface area contributed by atoms with Crippen molar-refractivity contribution in [2.45, 2.75) is 18.9 Å². The highest BCUT2D eigenvalue weighted by Crippen LogP contribution is 2.19. The summed E-state index contributed by atoms with van der Waals surface area (Å²) >= 11 is 0. The van der Waals surface area contributed by atoms with Crippen molar-refractivity contribution in [3.63, 3.8) is 0 Å². The maximum atomic E-state index is 12.9. The molecule has 2 aromatic rings. The van der Waals surface area contributed by atoms with Gasteiger partial charge in [-0.05, 0) is 37.1 Å². The van der Waals surface area contributed by atoms with E-state index < -0.39 is 0 Å². The molecule has 1 aliphatic heterocycles. The van der Waals surface area contributed by atoms with Crippen LogP contribution in [0.5, 0.6) is 0 Å². The number of hydrogen-bond donors (Lipinski definition) is 1. The van der Waals surface area contributed by atoms with Crippen molar-refractivity contribution in [3.8, 4) is 11.3 Å². The summed E-state index contributed by atoms with van der Waals surface area (Å²) in [5.41, 5.74) is 1.19. The molecule has 1 aliphatic rings. The molecule has 3 rings (SSSR count). The van der Waals surface area contributed by atoms with Crippen molar-refractivity contribution in [2.24, 2.45) is 0 Å². The van der Waals surface area contributed by atoms with E-state index in [1.54, 1.807) is 18.2 Å². The number of benzene rings is 1. The molecule has 0 radical (unpaired) electrons. The van der Waals surface area contributed by atoms with Crippen molar-refractivity contribution < 1.29 is 18.4 Å². The molecule has 110 valence electrons. The average molecular weight is 290 g/mol. The third kappa shape index (κ3) is 3.28. The molecule has 1 fully saturated rings. The van der Waals surface area contributed by atoms with Crippen molar-refractivity contribution in [1.29, 1.82) is 0 Å². The Bertz CT molecular complexity index is 618. The first-order valence-electron chi connectivity index (χ1n) is 6.83. The SMILES string of the molecule is O=C(N[C@@H]1CCCOC1)c1cc(-c2ccc(F)cc2)no1. The number of nitrogens with one attached hydrogen (secondary N) is 1. The first-order chi connectivity index (χ1) is 10.2. The molecular formula is C15H15FN2O3. The van der Waals surface area contributed by atoms with Crippen molar-refractivity contribution >= 4 is 5.91 Å². The van der Waals surface area contributed by atoms with Gasteiger partial charge in [-0.25, -0.2) is 4.39 Å². The van der Waals surface area contributed by atoms with E-state index in [2.05, 4.69) is 10.5 Å². The number of rotatable bonds is 3. The van der Waals surface area contributed by atoms with Gasteiger partial charge in [0.25, 0.3) is 5.91 Å². The van der Waals surface area contributed by atoms with Crippen molar-refractivity contribution in [1.82, 2.24) is 10.5 Å². The first-order valence-corrected chi connectivity index (χ1v) is 6.83. The summed E-state index contributed by atoms with van der Waals surface area (Å²) < 4.78 is 23.2. The van der Waals surface area contributed by atoms with Crippen LogP contribution in [0.4, 0.5) is 4.39 Å². The van der Waals surface area contributed by atoms with Crippen LogP contribution in [0.15, 0.2) is 34.9 Å². The number of hydrogen-bond acceptors (Lipinski definition) is 4. The predicted octanol–water partition coefficient (Wildman–Crippen LogP) is 2.39. The molecule has 0 aliphatic carbocycles. The van der Waals surface area contributed by atoms with Gasteiger partial charge in [0.05, 0.1) is 12.6 Å². The number of halogens is 1. The number of carbonyl (C=O) groups excluding carboxylic acids is 1. The summed E-state index contributed by atoms with van der Waals surface area (Å²) in [6.45, 7) is 1.26. The minimum absolute atomic E-state index is 0.00520. The molecule has 0 spiro atoms. The molecule has 1 atom stereocenters. The molecule has 0 saturated carbocycles. The topological polar surface area (TPSA) is 64.4 Å². The molecule has 1 N–H and O–H groups in total. The van der Waals surface area contributed by atoms with Crippen LogP contribution in [0.1, 0.15) is 23.4 Å². The molecular weight excluding hydrogens is 275 g/mol. The summed E-state index contributed by atoms with van der Waals surface area (Å²) in [5, 5.41) is 6.69. The van der Waals surface area contributed by atoms with Gasteiger partial charge in [0, 0.05) is 18.2 Å². The van der Waals surface area contributed by atoms with Crippen LogP contribution in [-0.2, 0) is 4.74 Å². The van der Waals surface area contributed by atoms with E-state index in [1.165, 1.54) is 12.1 Å². The first kappa shape index (κ1) is 13.8. The van der Waals surface area contributed by atoms with Crippen LogP contribution in [0.3, 0.4) is 0 Å². The Morgan fingerprint density at radius 2 is 2.14 bits per heavy atom. The van der Waals surface area contributed by atoms with Crippen LogP contribution in [-0.4, -0.2) is 30.3 Å². The molecule has 0 unspecified atom stereocenters. The normalized spacial score (nSPS) is 18.4. The highest BCUT2D eigenvalue weighted by atomic mass is 19.1. The van der Waals surface area contributed by atoms with E-state index in [0.29, 0.717) is 17.9 Å². The standard InChI is InChI=1S/C15H15FN2O3/c16-11-5-3-10(4-6-11)13-8-14(21-18-13)15(19)17-12-2-1-7-20-9-12/h3-6,8,12H,1-2,7,9H2,(H,17,19)/t12-/m1/s1. The average Bonchev–Trinajstić information content (AvgIpc) is 2.99. The summed E-state index contributed by atoms with van der Waals surface area (Å²) in [6, 6.07) is 7.40. The second-order valence-corrected chi connectivity index (χ2v) is 4.97.